The molecule has 2 N–H and O–H groups in total. The number of nitrogens with one attached hydrogen (secondary N) is 2. The van der Waals surface area contributed by atoms with E-state index in [1.165, 1.54) is 17.8 Å². The van der Waals surface area contributed by atoms with Crippen molar-refractivity contribution in [1.29, 1.82) is 0 Å². The maximum absolute atomic E-state index is 11.6. The fraction of sp³-hybridized carbons (Fsp3) is 0.290. The molecular formula is C31H36ClN9O2. The zero-order valence-electron chi connectivity index (χ0n) is 24.5. The molecule has 224 valence electrons. The molecule has 0 unspecified atom stereocenters. The third-order valence-corrected chi connectivity index (χ3v) is 7.25. The molecule has 1 aliphatic rings. The first kappa shape index (κ1) is 31.2. The second kappa shape index (κ2) is 14.4. The summed E-state index contributed by atoms with van der Waals surface area (Å²) in [6, 6.07) is 23.6. The summed E-state index contributed by atoms with van der Waals surface area (Å²) in [5.74, 6) is 1.86. The fourth-order valence-electron chi connectivity index (χ4n) is 4.97. The molecule has 5 rings (SSSR count). The highest BCUT2D eigenvalue weighted by Crippen LogP contribution is 2.28. The van der Waals surface area contributed by atoms with Gasteiger partial charge in [0, 0.05) is 44.5 Å². The zero-order chi connectivity index (χ0) is 29.5. The Hall–Kier alpha value is -4.77. The number of hydrogen-bond acceptors (Lipinski definition) is 10. The van der Waals surface area contributed by atoms with E-state index in [0.717, 1.165) is 43.6 Å². The van der Waals surface area contributed by atoms with Crippen molar-refractivity contribution < 1.29 is 4.92 Å². The van der Waals surface area contributed by atoms with Gasteiger partial charge in [-0.05, 0) is 55.9 Å². The van der Waals surface area contributed by atoms with E-state index in [-0.39, 0.29) is 24.0 Å². The average Bonchev–Trinajstić information content (AvgIpc) is 2.99. The van der Waals surface area contributed by atoms with Gasteiger partial charge < -0.3 is 15.1 Å². The molecule has 43 heavy (non-hydrogen) atoms. The van der Waals surface area contributed by atoms with Gasteiger partial charge in [-0.15, -0.1) is 12.4 Å². The highest BCUT2D eigenvalue weighted by Gasteiger charge is 2.23. The monoisotopic (exact) mass is 601 g/mol. The van der Waals surface area contributed by atoms with E-state index in [2.05, 4.69) is 61.0 Å². The predicted octanol–water partition coefficient (Wildman–Crippen LogP) is 6.22. The smallest absolute Gasteiger partial charge is 0.293 e. The van der Waals surface area contributed by atoms with Gasteiger partial charge in [0.25, 0.3) is 5.69 Å². The second-order valence-corrected chi connectivity index (χ2v) is 10.7. The van der Waals surface area contributed by atoms with Gasteiger partial charge in [-0.1, -0.05) is 54.1 Å². The Morgan fingerprint density at radius 1 is 1.00 bits per heavy atom. The van der Waals surface area contributed by atoms with Gasteiger partial charge in [-0.25, -0.2) is 5.43 Å². The minimum atomic E-state index is -0.398. The first-order valence-corrected chi connectivity index (χ1v) is 14.0. The number of rotatable bonds is 10. The molecule has 3 aromatic carbocycles. The SMILES string of the molecule is Cc1ccc(Nc2nc(NN=Cc3ccc(N(C)C)c([N+](=O)[O-])c3)nc(N3CCC(Cc4ccccc4)CC3)n2)cc1.Cl. The molecular weight excluding hydrogens is 566 g/mol. The average molecular weight is 602 g/mol. The molecule has 0 saturated carbocycles. The van der Waals surface area contributed by atoms with Crippen molar-refractivity contribution in [2.24, 2.45) is 11.0 Å². The highest BCUT2D eigenvalue weighted by molar-refractivity contribution is 5.85. The quantitative estimate of drug-likeness (QED) is 0.124. The van der Waals surface area contributed by atoms with Gasteiger partial charge in [0.15, 0.2) is 0 Å². The summed E-state index contributed by atoms with van der Waals surface area (Å²) in [7, 11) is 3.54. The first-order chi connectivity index (χ1) is 20.3. The first-order valence-electron chi connectivity index (χ1n) is 14.0. The maximum Gasteiger partial charge on any atom is 0.293 e. The van der Waals surface area contributed by atoms with Crippen LogP contribution in [0.1, 0.15) is 29.5 Å². The Bertz CT molecular complexity index is 1540. The molecule has 0 radical (unpaired) electrons. The van der Waals surface area contributed by atoms with E-state index in [1.807, 2.05) is 31.2 Å². The molecule has 0 bridgehead atoms. The van der Waals surface area contributed by atoms with Crippen LogP contribution in [0, 0.1) is 23.0 Å². The summed E-state index contributed by atoms with van der Waals surface area (Å²) >= 11 is 0. The van der Waals surface area contributed by atoms with Gasteiger partial charge in [0.1, 0.15) is 5.69 Å². The van der Waals surface area contributed by atoms with E-state index in [4.69, 9.17) is 4.98 Å². The Morgan fingerprint density at radius 3 is 2.37 bits per heavy atom. The lowest BCUT2D eigenvalue weighted by Crippen LogP contribution is -2.35. The normalized spacial score (nSPS) is 13.4. The van der Waals surface area contributed by atoms with Crippen LogP contribution in [-0.4, -0.2) is 53.3 Å². The molecule has 0 amide bonds. The molecule has 0 spiro atoms. The van der Waals surface area contributed by atoms with Crippen LogP contribution in [0.25, 0.3) is 0 Å². The van der Waals surface area contributed by atoms with E-state index < -0.39 is 4.92 Å². The Morgan fingerprint density at radius 2 is 1.70 bits per heavy atom. The number of nitro benzene ring substituents is 1. The van der Waals surface area contributed by atoms with Gasteiger partial charge >= 0.3 is 0 Å². The van der Waals surface area contributed by atoms with Crippen LogP contribution in [-0.2, 0) is 6.42 Å². The molecule has 12 heteroatoms. The number of aryl methyl sites for hydroxylation is 1. The van der Waals surface area contributed by atoms with Crippen LogP contribution < -0.4 is 20.5 Å². The number of halogens is 1. The summed E-state index contributed by atoms with van der Waals surface area (Å²) in [6.45, 7) is 3.72. The van der Waals surface area contributed by atoms with E-state index in [0.29, 0.717) is 29.1 Å². The summed E-state index contributed by atoms with van der Waals surface area (Å²) in [5.41, 5.74) is 7.39. The van der Waals surface area contributed by atoms with Crippen LogP contribution in [0.15, 0.2) is 77.9 Å². The number of benzene rings is 3. The van der Waals surface area contributed by atoms with E-state index in [1.54, 1.807) is 31.1 Å². The van der Waals surface area contributed by atoms with Crippen LogP contribution in [0.4, 0.5) is 34.9 Å². The van der Waals surface area contributed by atoms with E-state index >= 15 is 0 Å². The molecule has 4 aromatic rings. The number of piperidine rings is 1. The zero-order valence-corrected chi connectivity index (χ0v) is 25.3. The van der Waals surface area contributed by atoms with Crippen molar-refractivity contribution in [3.63, 3.8) is 0 Å². The fourth-order valence-corrected chi connectivity index (χ4v) is 4.97. The summed E-state index contributed by atoms with van der Waals surface area (Å²) in [6.07, 6.45) is 4.67. The lowest BCUT2D eigenvalue weighted by atomic mass is 9.90. The molecule has 11 nitrogen and oxygen atoms in total. The van der Waals surface area contributed by atoms with Crippen LogP contribution in [0.5, 0.6) is 0 Å². The van der Waals surface area contributed by atoms with Gasteiger partial charge in [-0.2, -0.15) is 20.1 Å². The minimum absolute atomic E-state index is 0. The lowest BCUT2D eigenvalue weighted by molar-refractivity contribution is -0.384. The third-order valence-electron chi connectivity index (χ3n) is 7.25. The minimum Gasteiger partial charge on any atom is -0.372 e. The number of anilines is 5. The van der Waals surface area contributed by atoms with Crippen LogP contribution >= 0.6 is 12.4 Å². The van der Waals surface area contributed by atoms with Crippen LogP contribution in [0.2, 0.25) is 0 Å². The lowest BCUT2D eigenvalue weighted by Gasteiger charge is -2.32. The van der Waals surface area contributed by atoms with Crippen molar-refractivity contribution in [2.45, 2.75) is 26.2 Å². The number of hydrazone groups is 1. The molecule has 2 heterocycles. The van der Waals surface area contributed by atoms with Crippen molar-refractivity contribution in [1.82, 2.24) is 15.0 Å². The largest absolute Gasteiger partial charge is 0.372 e. The standard InChI is InChI=1S/C31H35N9O2.ClH/c1-22-9-12-26(13-10-22)33-29-34-30(37-32-21-25-11-14-27(38(2)3)28(20-25)40(41)42)36-31(35-29)39-17-15-24(16-18-39)19-23-7-5-4-6-8-23;/h4-14,20-21,24H,15-19H2,1-3H3,(H2,33,34,35,36,37);1H. The Labute approximate surface area is 257 Å². The Kier molecular flexibility index (Phi) is 10.4. The molecule has 0 atom stereocenters. The van der Waals surface area contributed by atoms with Crippen molar-refractivity contribution in [3.8, 4) is 0 Å². The third kappa shape index (κ3) is 8.39. The summed E-state index contributed by atoms with van der Waals surface area (Å²) in [4.78, 5) is 29.0. The second-order valence-electron chi connectivity index (χ2n) is 10.7. The topological polar surface area (TPSA) is 125 Å². The number of nitro groups is 1. The van der Waals surface area contributed by atoms with Crippen molar-refractivity contribution in [2.75, 3.05) is 47.7 Å². The molecule has 1 saturated heterocycles. The number of hydrogen-bond donors (Lipinski definition) is 2. The Balaban J connectivity index is 0.00000423. The summed E-state index contributed by atoms with van der Waals surface area (Å²) < 4.78 is 0. The summed E-state index contributed by atoms with van der Waals surface area (Å²) in [5, 5.41) is 19.1. The molecule has 1 aromatic heterocycles. The molecule has 0 aliphatic carbocycles. The van der Waals surface area contributed by atoms with Crippen molar-refractivity contribution >= 4 is 53.5 Å². The van der Waals surface area contributed by atoms with Crippen LogP contribution in [0.3, 0.4) is 0 Å². The number of nitrogens with zero attached hydrogens (tertiary/aromatic N) is 7. The van der Waals surface area contributed by atoms with E-state index in [9.17, 15) is 10.1 Å². The highest BCUT2D eigenvalue weighted by atomic mass is 35.5. The van der Waals surface area contributed by atoms with Crippen molar-refractivity contribution in [3.05, 3.63) is 99.6 Å². The predicted molar refractivity (Wildman–Crippen MR) is 175 cm³/mol. The maximum atomic E-state index is 11.6. The van der Waals surface area contributed by atoms with Gasteiger partial charge in [-0.3, -0.25) is 10.1 Å². The molecule has 1 fully saturated rings. The van der Waals surface area contributed by atoms with Gasteiger partial charge in [0.2, 0.25) is 17.8 Å². The van der Waals surface area contributed by atoms with Gasteiger partial charge in [0.05, 0.1) is 11.1 Å². The molecule has 1 aliphatic heterocycles. The number of aromatic nitrogens is 3.